The van der Waals surface area contributed by atoms with E-state index in [-0.39, 0.29) is 18.3 Å². The first-order valence-electron chi connectivity index (χ1n) is 13.0. The lowest BCUT2D eigenvalue weighted by atomic mass is 9.87. The van der Waals surface area contributed by atoms with E-state index in [0.717, 1.165) is 6.42 Å². The average molecular weight is 487 g/mol. The van der Waals surface area contributed by atoms with Crippen molar-refractivity contribution in [2.45, 2.75) is 117 Å². The third-order valence-corrected chi connectivity index (χ3v) is 9.20. The Kier molecular flexibility index (Phi) is 9.88. The van der Waals surface area contributed by atoms with Gasteiger partial charge in [0.1, 0.15) is 0 Å². The minimum atomic E-state index is -0.303. The molecule has 0 N–H and O–H groups in total. The van der Waals surface area contributed by atoms with Crippen LogP contribution < -0.4 is 4.78 Å². The lowest BCUT2D eigenvalue weighted by Gasteiger charge is -2.32. The smallest absolute Gasteiger partial charge is 0.399 e. The van der Waals surface area contributed by atoms with Crippen LogP contribution in [0.3, 0.4) is 0 Å². The van der Waals surface area contributed by atoms with Crippen molar-refractivity contribution in [2.75, 3.05) is 0 Å². The summed E-state index contributed by atoms with van der Waals surface area (Å²) < 4.78 is 13.9. The first-order chi connectivity index (χ1) is 15.8. The summed E-state index contributed by atoms with van der Waals surface area (Å²) in [6.45, 7) is 13.1. The predicted octanol–water partition coefficient (Wildman–Crippen LogP) is 8.52. The van der Waals surface area contributed by atoms with Gasteiger partial charge in [-0.1, -0.05) is 52.4 Å². The molecule has 1 saturated heterocycles. The molecule has 1 fully saturated rings. The molecule has 33 heavy (non-hydrogen) atoms. The van der Waals surface area contributed by atoms with Crippen LogP contribution in [0, 0.1) is 0 Å². The van der Waals surface area contributed by atoms with Crippen LogP contribution in [0.2, 0.25) is 0 Å². The largest absolute Gasteiger partial charge is 0.505 e. The Morgan fingerprint density at radius 3 is 1.97 bits per heavy atom. The normalized spacial score (nSPS) is 17.5. The molecule has 2 aromatic heterocycles. The molecular weight excluding hydrogens is 443 g/mol. The Hall–Kier alpha value is -0.875. The summed E-state index contributed by atoms with van der Waals surface area (Å²) in [6, 6.07) is 4.66. The topological polar surface area (TPSA) is 18.5 Å². The van der Waals surface area contributed by atoms with Gasteiger partial charge in [0.05, 0.1) is 11.2 Å². The highest BCUT2D eigenvalue weighted by molar-refractivity contribution is 7.23. The number of unbranched alkanes of at least 4 members (excludes halogenated alkanes) is 6. The number of hydrogen-bond acceptors (Lipinski definition) is 4. The molecule has 0 atom stereocenters. The molecule has 5 heteroatoms. The van der Waals surface area contributed by atoms with E-state index in [2.05, 4.69) is 71.2 Å². The van der Waals surface area contributed by atoms with Crippen molar-refractivity contribution in [3.63, 3.8) is 0 Å². The Morgan fingerprint density at radius 2 is 1.36 bits per heavy atom. The molecule has 0 aromatic carbocycles. The van der Waals surface area contributed by atoms with Gasteiger partial charge in [-0.3, -0.25) is 0 Å². The van der Waals surface area contributed by atoms with Crippen LogP contribution in [0.25, 0.3) is 12.2 Å². The number of thiophene rings is 2. The zero-order chi connectivity index (χ0) is 23.9. The maximum absolute atomic E-state index is 6.36. The lowest BCUT2D eigenvalue weighted by Crippen LogP contribution is -2.41. The molecule has 0 unspecified atom stereocenters. The minimum absolute atomic E-state index is 0.271. The molecule has 1 aliphatic rings. The Balaban J connectivity index is 1.77. The summed E-state index contributed by atoms with van der Waals surface area (Å²) in [6.07, 6.45) is 17.4. The standard InChI is InChI=1S/C28H43BO2S2/c1-7-9-11-13-15-22-19-20-32-24(22)17-18-25-23(16-14-12-10-8-2)21-26(33-25)29-30-27(3,4)28(5,6)31-29/h17-21H,7-16H2,1-6H3/b18-17+. The van der Waals surface area contributed by atoms with E-state index in [0.29, 0.717) is 0 Å². The van der Waals surface area contributed by atoms with E-state index in [1.807, 2.05) is 22.7 Å². The summed E-state index contributed by atoms with van der Waals surface area (Å²) >= 11 is 3.70. The molecule has 3 rings (SSSR count). The molecule has 0 bridgehead atoms. The number of rotatable bonds is 13. The quantitative estimate of drug-likeness (QED) is 0.209. The van der Waals surface area contributed by atoms with Crippen LogP contribution in [0.15, 0.2) is 17.5 Å². The summed E-state index contributed by atoms with van der Waals surface area (Å²) in [5.74, 6) is 0. The van der Waals surface area contributed by atoms with Crippen molar-refractivity contribution in [1.82, 2.24) is 0 Å². The third-order valence-electron chi connectivity index (χ3n) is 7.11. The third kappa shape index (κ3) is 7.07. The van der Waals surface area contributed by atoms with Crippen molar-refractivity contribution in [3.8, 4) is 0 Å². The fourth-order valence-corrected chi connectivity index (χ4v) is 6.14. The van der Waals surface area contributed by atoms with Gasteiger partial charge >= 0.3 is 7.12 Å². The van der Waals surface area contributed by atoms with Crippen LogP contribution in [-0.2, 0) is 22.2 Å². The maximum Gasteiger partial charge on any atom is 0.505 e. The number of hydrogen-bond donors (Lipinski definition) is 0. The van der Waals surface area contributed by atoms with Crippen LogP contribution in [0.1, 0.15) is 114 Å². The molecular formula is C28H43BO2S2. The van der Waals surface area contributed by atoms with E-state index in [4.69, 9.17) is 9.31 Å². The zero-order valence-electron chi connectivity index (χ0n) is 21.7. The van der Waals surface area contributed by atoms with Crippen LogP contribution in [-0.4, -0.2) is 18.3 Å². The summed E-state index contributed by atoms with van der Waals surface area (Å²) in [5, 5.41) is 2.24. The predicted molar refractivity (Wildman–Crippen MR) is 149 cm³/mol. The Labute approximate surface area is 210 Å². The molecule has 0 aliphatic carbocycles. The fourth-order valence-electron chi connectivity index (χ4n) is 4.21. The van der Waals surface area contributed by atoms with Crippen molar-refractivity contribution in [3.05, 3.63) is 38.4 Å². The van der Waals surface area contributed by atoms with Crippen molar-refractivity contribution in [1.29, 1.82) is 0 Å². The van der Waals surface area contributed by atoms with Crippen LogP contribution in [0.5, 0.6) is 0 Å². The van der Waals surface area contributed by atoms with Crippen molar-refractivity contribution < 1.29 is 9.31 Å². The molecule has 2 nitrogen and oxygen atoms in total. The zero-order valence-corrected chi connectivity index (χ0v) is 23.3. The van der Waals surface area contributed by atoms with E-state index in [1.165, 1.54) is 83.4 Å². The molecule has 0 spiro atoms. The van der Waals surface area contributed by atoms with Crippen molar-refractivity contribution in [2.24, 2.45) is 0 Å². The lowest BCUT2D eigenvalue weighted by molar-refractivity contribution is 0.00578. The summed E-state index contributed by atoms with van der Waals surface area (Å²) in [7, 11) is -0.271. The molecule has 0 amide bonds. The van der Waals surface area contributed by atoms with Gasteiger partial charge in [0, 0.05) is 14.5 Å². The maximum atomic E-state index is 6.36. The second kappa shape index (κ2) is 12.2. The van der Waals surface area contributed by atoms with Gasteiger partial charge < -0.3 is 9.31 Å². The van der Waals surface area contributed by atoms with Crippen LogP contribution in [0.4, 0.5) is 0 Å². The van der Waals surface area contributed by atoms with Gasteiger partial charge in [0.25, 0.3) is 0 Å². The highest BCUT2D eigenvalue weighted by atomic mass is 32.1. The molecule has 0 saturated carbocycles. The second-order valence-electron chi connectivity index (χ2n) is 10.4. The highest BCUT2D eigenvalue weighted by Gasteiger charge is 2.52. The van der Waals surface area contributed by atoms with Gasteiger partial charge in [-0.15, -0.1) is 22.7 Å². The Morgan fingerprint density at radius 1 is 0.788 bits per heavy atom. The monoisotopic (exact) mass is 486 g/mol. The van der Waals surface area contributed by atoms with Crippen molar-refractivity contribution >= 4 is 46.7 Å². The second-order valence-corrected chi connectivity index (χ2v) is 12.5. The van der Waals surface area contributed by atoms with Gasteiger partial charge in [-0.25, -0.2) is 0 Å². The van der Waals surface area contributed by atoms with E-state index >= 15 is 0 Å². The minimum Gasteiger partial charge on any atom is -0.399 e. The molecule has 0 radical (unpaired) electrons. The fraction of sp³-hybridized carbons (Fsp3) is 0.643. The average Bonchev–Trinajstić information content (AvgIpc) is 3.43. The number of aryl methyl sites for hydroxylation is 2. The highest BCUT2D eigenvalue weighted by Crippen LogP contribution is 2.37. The van der Waals surface area contributed by atoms with Gasteiger partial charge in [0.15, 0.2) is 0 Å². The summed E-state index contributed by atoms with van der Waals surface area (Å²) in [5.41, 5.74) is 2.34. The van der Waals surface area contributed by atoms with Gasteiger partial charge in [0.2, 0.25) is 0 Å². The van der Waals surface area contributed by atoms with E-state index < -0.39 is 0 Å². The Bertz CT molecular complexity index is 878. The molecule has 2 aromatic rings. The van der Waals surface area contributed by atoms with Gasteiger partial charge in [-0.05, 0) is 94.2 Å². The first-order valence-corrected chi connectivity index (χ1v) is 14.7. The SMILES string of the molecule is CCCCCCc1ccsc1/C=C/c1sc(B2OC(C)(C)C(C)(C)O2)cc1CCCCCC. The molecule has 3 heterocycles. The molecule has 182 valence electrons. The van der Waals surface area contributed by atoms with Gasteiger partial charge in [-0.2, -0.15) is 0 Å². The summed E-state index contributed by atoms with van der Waals surface area (Å²) in [4.78, 5) is 2.77. The first kappa shape index (κ1) is 26.7. The molecule has 1 aliphatic heterocycles. The van der Waals surface area contributed by atoms with E-state index in [1.54, 1.807) is 0 Å². The van der Waals surface area contributed by atoms with Crippen LogP contribution >= 0.6 is 22.7 Å². The van der Waals surface area contributed by atoms with E-state index in [9.17, 15) is 0 Å².